The molecule has 1 aliphatic heterocycles. The summed E-state index contributed by atoms with van der Waals surface area (Å²) in [5.41, 5.74) is -0.120. The molecule has 0 aromatic rings. The molecule has 78 valence electrons. The highest BCUT2D eigenvalue weighted by atomic mass is 16.5. The van der Waals surface area contributed by atoms with E-state index in [0.717, 1.165) is 25.7 Å². The molecule has 0 spiro atoms. The fourth-order valence-electron chi connectivity index (χ4n) is 3.74. The third-order valence-corrected chi connectivity index (χ3v) is 4.73. The molecule has 0 unspecified atom stereocenters. The summed E-state index contributed by atoms with van der Waals surface area (Å²) in [5, 5.41) is 0. The maximum absolute atomic E-state index is 12.1. The second kappa shape index (κ2) is 2.82. The number of fused-ring (bicyclic) bond motifs is 4. The summed E-state index contributed by atoms with van der Waals surface area (Å²) in [7, 11) is 0. The molecule has 2 nitrogen and oxygen atoms in total. The standard InChI is InChI=1S/C12H18O2/c1-12-8-5-6-9(7-8)14-11(12)4-2-3-10(12)13/h8-9,11H,2-7H2,1H3/t8-,9+,11+,12-/m0/s1. The molecule has 0 radical (unpaired) electrons. The fraction of sp³-hybridized carbons (Fsp3) is 0.917. The normalized spacial score (nSPS) is 51.8. The molecule has 1 saturated heterocycles. The zero-order chi connectivity index (χ0) is 9.76. The Labute approximate surface area is 85.0 Å². The van der Waals surface area contributed by atoms with Crippen molar-refractivity contribution in [1.82, 2.24) is 0 Å². The zero-order valence-electron chi connectivity index (χ0n) is 8.79. The Kier molecular flexibility index (Phi) is 1.79. The third kappa shape index (κ3) is 0.979. The minimum absolute atomic E-state index is 0.120. The molecule has 2 aliphatic carbocycles. The van der Waals surface area contributed by atoms with Gasteiger partial charge in [-0.2, -0.15) is 0 Å². The van der Waals surface area contributed by atoms with Crippen LogP contribution in [0.3, 0.4) is 0 Å². The van der Waals surface area contributed by atoms with Crippen molar-refractivity contribution in [1.29, 1.82) is 0 Å². The lowest BCUT2D eigenvalue weighted by molar-refractivity contribution is -0.167. The van der Waals surface area contributed by atoms with Gasteiger partial charge in [0.2, 0.25) is 0 Å². The first-order valence-electron chi connectivity index (χ1n) is 5.90. The predicted octanol–water partition coefficient (Wildman–Crippen LogP) is 2.31. The molecule has 2 bridgehead atoms. The van der Waals surface area contributed by atoms with Crippen molar-refractivity contribution in [2.24, 2.45) is 11.3 Å². The third-order valence-electron chi connectivity index (χ3n) is 4.73. The Morgan fingerprint density at radius 1 is 1.36 bits per heavy atom. The van der Waals surface area contributed by atoms with E-state index in [2.05, 4.69) is 6.92 Å². The maximum Gasteiger partial charge on any atom is 0.141 e. The smallest absolute Gasteiger partial charge is 0.141 e. The zero-order valence-corrected chi connectivity index (χ0v) is 8.79. The first kappa shape index (κ1) is 8.90. The summed E-state index contributed by atoms with van der Waals surface area (Å²) in [6.07, 6.45) is 7.19. The van der Waals surface area contributed by atoms with E-state index in [1.807, 2.05) is 0 Å². The topological polar surface area (TPSA) is 26.3 Å². The molecule has 2 heteroatoms. The number of hydrogen-bond acceptors (Lipinski definition) is 2. The number of Topliss-reactive ketones (excluding diaryl/α,β-unsaturated/α-hetero) is 1. The average Bonchev–Trinajstić information content (AvgIpc) is 2.57. The van der Waals surface area contributed by atoms with Crippen molar-refractivity contribution in [2.75, 3.05) is 0 Å². The van der Waals surface area contributed by atoms with Gasteiger partial charge in [-0.1, -0.05) is 0 Å². The van der Waals surface area contributed by atoms with Crippen LogP contribution in [0.25, 0.3) is 0 Å². The SMILES string of the molecule is C[C@]12C(=O)CCC[C@H]1O[C@@H]1CC[C@H]2C1. The number of hydrogen-bond donors (Lipinski definition) is 0. The second-order valence-corrected chi connectivity index (χ2v) is 5.35. The fourth-order valence-corrected chi connectivity index (χ4v) is 3.74. The Balaban J connectivity index is 1.97. The Hall–Kier alpha value is -0.370. The van der Waals surface area contributed by atoms with Gasteiger partial charge in [0, 0.05) is 6.42 Å². The van der Waals surface area contributed by atoms with Crippen LogP contribution in [0.5, 0.6) is 0 Å². The molecule has 3 rings (SSSR count). The molecule has 0 aromatic carbocycles. The average molecular weight is 194 g/mol. The van der Waals surface area contributed by atoms with Gasteiger partial charge in [0.05, 0.1) is 17.6 Å². The van der Waals surface area contributed by atoms with Crippen molar-refractivity contribution in [3.8, 4) is 0 Å². The number of ketones is 1. The predicted molar refractivity (Wildman–Crippen MR) is 53.0 cm³/mol. The maximum atomic E-state index is 12.1. The van der Waals surface area contributed by atoms with E-state index in [9.17, 15) is 4.79 Å². The Bertz CT molecular complexity index is 273. The van der Waals surface area contributed by atoms with E-state index >= 15 is 0 Å². The van der Waals surface area contributed by atoms with Crippen LogP contribution in [0, 0.1) is 11.3 Å². The van der Waals surface area contributed by atoms with Crippen molar-refractivity contribution in [2.45, 2.75) is 57.7 Å². The largest absolute Gasteiger partial charge is 0.374 e. The molecule has 3 aliphatic rings. The van der Waals surface area contributed by atoms with E-state index in [4.69, 9.17) is 4.74 Å². The van der Waals surface area contributed by atoms with Crippen molar-refractivity contribution in [3.63, 3.8) is 0 Å². The summed E-state index contributed by atoms with van der Waals surface area (Å²) in [5.74, 6) is 1.10. The number of carbonyl (C=O) groups excluding carboxylic acids is 1. The van der Waals surface area contributed by atoms with Gasteiger partial charge < -0.3 is 4.74 Å². The highest BCUT2D eigenvalue weighted by molar-refractivity contribution is 5.86. The minimum Gasteiger partial charge on any atom is -0.374 e. The van der Waals surface area contributed by atoms with Crippen molar-refractivity contribution >= 4 is 5.78 Å². The number of ether oxygens (including phenoxy) is 1. The van der Waals surface area contributed by atoms with Gasteiger partial charge in [-0.3, -0.25) is 4.79 Å². The van der Waals surface area contributed by atoms with Gasteiger partial charge in [0.15, 0.2) is 0 Å². The number of carbonyl (C=O) groups is 1. The van der Waals surface area contributed by atoms with Gasteiger partial charge in [0.25, 0.3) is 0 Å². The molecule has 2 saturated carbocycles. The van der Waals surface area contributed by atoms with E-state index < -0.39 is 0 Å². The summed E-state index contributed by atoms with van der Waals surface area (Å²) in [6.45, 7) is 2.16. The van der Waals surface area contributed by atoms with Gasteiger partial charge in [-0.15, -0.1) is 0 Å². The van der Waals surface area contributed by atoms with Crippen LogP contribution >= 0.6 is 0 Å². The quantitative estimate of drug-likeness (QED) is 0.591. The Morgan fingerprint density at radius 3 is 3.07 bits per heavy atom. The lowest BCUT2D eigenvalue weighted by Gasteiger charge is -2.47. The first-order valence-corrected chi connectivity index (χ1v) is 5.90. The summed E-state index contributed by atoms with van der Waals surface area (Å²) >= 11 is 0. The highest BCUT2D eigenvalue weighted by Crippen LogP contribution is 2.53. The second-order valence-electron chi connectivity index (χ2n) is 5.35. The first-order chi connectivity index (χ1) is 6.71. The van der Waals surface area contributed by atoms with Crippen LogP contribution in [-0.4, -0.2) is 18.0 Å². The monoisotopic (exact) mass is 194 g/mol. The lowest BCUT2D eigenvalue weighted by Crippen LogP contribution is -2.52. The molecule has 4 atom stereocenters. The van der Waals surface area contributed by atoms with Crippen LogP contribution in [0.2, 0.25) is 0 Å². The van der Waals surface area contributed by atoms with Crippen LogP contribution in [0.1, 0.15) is 45.4 Å². The minimum atomic E-state index is -0.120. The van der Waals surface area contributed by atoms with Crippen LogP contribution in [0.15, 0.2) is 0 Å². The molecular formula is C12H18O2. The molecule has 3 fully saturated rings. The number of rotatable bonds is 0. The van der Waals surface area contributed by atoms with Gasteiger partial charge in [0.1, 0.15) is 5.78 Å². The van der Waals surface area contributed by atoms with E-state index in [-0.39, 0.29) is 11.5 Å². The van der Waals surface area contributed by atoms with Gasteiger partial charge in [-0.25, -0.2) is 0 Å². The van der Waals surface area contributed by atoms with Crippen LogP contribution in [-0.2, 0) is 9.53 Å². The van der Waals surface area contributed by atoms with Gasteiger partial charge in [-0.05, 0) is 44.9 Å². The lowest BCUT2D eigenvalue weighted by atomic mass is 9.63. The van der Waals surface area contributed by atoms with Gasteiger partial charge >= 0.3 is 0 Å². The molecule has 0 amide bonds. The summed E-state index contributed by atoms with van der Waals surface area (Å²) < 4.78 is 6.03. The van der Waals surface area contributed by atoms with Crippen molar-refractivity contribution in [3.05, 3.63) is 0 Å². The van der Waals surface area contributed by atoms with Crippen molar-refractivity contribution < 1.29 is 9.53 Å². The van der Waals surface area contributed by atoms with E-state index in [1.165, 1.54) is 12.8 Å². The molecular weight excluding hydrogens is 176 g/mol. The van der Waals surface area contributed by atoms with E-state index in [1.54, 1.807) is 0 Å². The van der Waals surface area contributed by atoms with Crippen LogP contribution < -0.4 is 0 Å². The molecule has 0 N–H and O–H groups in total. The van der Waals surface area contributed by atoms with E-state index in [0.29, 0.717) is 17.8 Å². The summed E-state index contributed by atoms with van der Waals surface area (Å²) in [4.78, 5) is 12.1. The Morgan fingerprint density at radius 2 is 2.21 bits per heavy atom. The summed E-state index contributed by atoms with van der Waals surface area (Å²) in [6, 6.07) is 0. The molecule has 1 heterocycles. The molecule has 0 aromatic heterocycles. The highest BCUT2D eigenvalue weighted by Gasteiger charge is 2.55. The molecule has 14 heavy (non-hydrogen) atoms. The van der Waals surface area contributed by atoms with Crippen LogP contribution in [0.4, 0.5) is 0 Å².